The number of nitrogens with zero attached hydrogens (tertiary/aromatic N) is 2. The fraction of sp³-hybridized carbons (Fsp3) is 0.581. The van der Waals surface area contributed by atoms with Crippen LogP contribution in [-0.2, 0) is 19.2 Å². The molecule has 1 aromatic carbocycles. The molecule has 40 heavy (non-hydrogen) atoms. The molecule has 1 saturated heterocycles. The van der Waals surface area contributed by atoms with Gasteiger partial charge in [0, 0.05) is 18.7 Å². The average molecular weight is 556 g/mol. The summed E-state index contributed by atoms with van der Waals surface area (Å²) in [5.74, 6) is -1.98. The number of rotatable bonds is 0. The summed E-state index contributed by atoms with van der Waals surface area (Å²) >= 11 is 0. The van der Waals surface area contributed by atoms with Crippen LogP contribution in [0, 0.1) is 22.7 Å². The maximum atomic E-state index is 12.7. The number of benzene rings is 1. The predicted octanol–water partition coefficient (Wildman–Crippen LogP) is 4.90. The Morgan fingerprint density at radius 2 is 1.52 bits per heavy atom. The second-order valence-corrected chi connectivity index (χ2v) is 10.7. The lowest BCUT2D eigenvalue weighted by Crippen LogP contribution is -2.48. The molecule has 0 radical (unpaired) electrons. The third kappa shape index (κ3) is 13.9. The summed E-state index contributed by atoms with van der Waals surface area (Å²) in [6.45, 7) is 18.1. The molecule has 2 unspecified atom stereocenters. The van der Waals surface area contributed by atoms with Crippen molar-refractivity contribution >= 4 is 35.4 Å². The van der Waals surface area contributed by atoms with E-state index in [1.54, 1.807) is 12.1 Å². The summed E-state index contributed by atoms with van der Waals surface area (Å²) in [6.07, 6.45) is 4.70. The van der Waals surface area contributed by atoms with Crippen molar-refractivity contribution in [3.63, 3.8) is 0 Å². The summed E-state index contributed by atoms with van der Waals surface area (Å²) in [5.41, 5.74) is 2.04. The minimum Gasteiger partial charge on any atom is -0.345 e. The molecule has 1 fully saturated rings. The van der Waals surface area contributed by atoms with Crippen LogP contribution in [0.2, 0.25) is 0 Å². The lowest BCUT2D eigenvalue weighted by molar-refractivity contribution is -0.134. The second kappa shape index (κ2) is 18.6. The largest absolute Gasteiger partial charge is 0.345 e. The number of carbonyl (C=O) groups excluding carboxylic acids is 4. The van der Waals surface area contributed by atoms with E-state index < -0.39 is 29.8 Å². The van der Waals surface area contributed by atoms with E-state index >= 15 is 0 Å². The smallest absolute Gasteiger partial charge is 0.243 e. The van der Waals surface area contributed by atoms with Crippen LogP contribution in [0.5, 0.6) is 0 Å². The number of amides is 4. The Morgan fingerprint density at radius 3 is 2.08 bits per heavy atom. The standard InChI is InChI=1S/C22H25N5O4.C5H12.2C2H6/c1-14-21(30)24-12-20(29)27-13-16(10-18(27)11-23)22(31)26-17-8-6-15(7-9-17)4-2-3-5-19(28)25-14;1-5(2,3)4;2*1-2/h2,4,6-9,14,16,18H,3,5,10,12-13H2,1H3,(H,24,30)(H,25,28)(H,26,31);1-4H3;2*1-2H3/b4-2+;;;/t14-,16?,18?;;;/m0.../s1. The van der Waals surface area contributed by atoms with Gasteiger partial charge in [0.1, 0.15) is 12.1 Å². The zero-order valence-electron chi connectivity index (χ0n) is 25.8. The quantitative estimate of drug-likeness (QED) is 0.419. The van der Waals surface area contributed by atoms with Gasteiger partial charge < -0.3 is 20.9 Å². The van der Waals surface area contributed by atoms with Crippen molar-refractivity contribution in [2.75, 3.05) is 18.4 Å². The molecule has 0 spiro atoms. The molecule has 3 N–H and O–H groups in total. The molecule has 0 aromatic heterocycles. The minimum absolute atomic E-state index is 0.103. The van der Waals surface area contributed by atoms with E-state index in [1.165, 1.54) is 11.8 Å². The molecule has 1 aromatic rings. The van der Waals surface area contributed by atoms with Crippen molar-refractivity contribution < 1.29 is 19.2 Å². The van der Waals surface area contributed by atoms with Crippen LogP contribution in [-0.4, -0.2) is 53.7 Å². The van der Waals surface area contributed by atoms with Gasteiger partial charge in [0.2, 0.25) is 23.6 Å². The number of hydrogen-bond acceptors (Lipinski definition) is 5. The molecular weight excluding hydrogens is 506 g/mol. The van der Waals surface area contributed by atoms with Crippen LogP contribution in [0.4, 0.5) is 5.69 Å². The van der Waals surface area contributed by atoms with Crippen LogP contribution in [0.15, 0.2) is 30.3 Å². The van der Waals surface area contributed by atoms with Crippen LogP contribution in [0.3, 0.4) is 0 Å². The Balaban J connectivity index is 0.00000150. The molecule has 3 aliphatic heterocycles. The first-order valence-corrected chi connectivity index (χ1v) is 14.2. The van der Waals surface area contributed by atoms with Gasteiger partial charge in [0.25, 0.3) is 0 Å². The number of hydrogen-bond donors (Lipinski definition) is 3. The van der Waals surface area contributed by atoms with E-state index in [0.29, 0.717) is 17.5 Å². The van der Waals surface area contributed by atoms with Gasteiger partial charge in [-0.15, -0.1) is 0 Å². The molecule has 3 atom stereocenters. The highest BCUT2D eigenvalue weighted by Crippen LogP contribution is 2.24. The van der Waals surface area contributed by atoms with Crippen molar-refractivity contribution in [1.82, 2.24) is 15.5 Å². The van der Waals surface area contributed by atoms with Gasteiger partial charge in [0.15, 0.2) is 0 Å². The monoisotopic (exact) mass is 555 g/mol. The normalized spacial score (nSPS) is 22.3. The Bertz CT molecular complexity index is 1020. The van der Waals surface area contributed by atoms with Crippen molar-refractivity contribution in [3.05, 3.63) is 35.9 Å². The molecular formula is C31H49N5O4. The van der Waals surface area contributed by atoms with Crippen LogP contribution >= 0.6 is 0 Å². The zero-order chi connectivity index (χ0) is 30.9. The third-order valence-corrected chi connectivity index (χ3v) is 5.35. The molecule has 0 saturated carbocycles. The Morgan fingerprint density at radius 1 is 0.950 bits per heavy atom. The number of fused-ring (bicyclic) bond motifs is 12. The molecule has 9 heteroatoms. The van der Waals surface area contributed by atoms with E-state index in [0.717, 1.165) is 5.56 Å². The highest BCUT2D eigenvalue weighted by Gasteiger charge is 2.38. The van der Waals surface area contributed by atoms with Gasteiger partial charge in [-0.05, 0) is 42.9 Å². The first kappa shape index (κ1) is 36.3. The predicted molar refractivity (Wildman–Crippen MR) is 161 cm³/mol. The highest BCUT2D eigenvalue weighted by molar-refractivity contribution is 5.94. The first-order chi connectivity index (χ1) is 18.9. The van der Waals surface area contributed by atoms with E-state index in [4.69, 9.17) is 0 Å². The number of allylic oxidation sites excluding steroid dienone is 1. The summed E-state index contributed by atoms with van der Waals surface area (Å²) in [4.78, 5) is 50.8. The third-order valence-electron chi connectivity index (χ3n) is 5.35. The van der Waals surface area contributed by atoms with E-state index in [9.17, 15) is 24.4 Å². The summed E-state index contributed by atoms with van der Waals surface area (Å²) in [5, 5.41) is 17.3. The van der Waals surface area contributed by atoms with Crippen molar-refractivity contribution in [2.45, 2.75) is 93.7 Å². The van der Waals surface area contributed by atoms with Crippen molar-refractivity contribution in [3.8, 4) is 6.07 Å². The van der Waals surface area contributed by atoms with Gasteiger partial charge in [0.05, 0.1) is 18.5 Å². The fourth-order valence-electron chi connectivity index (χ4n) is 3.58. The first-order valence-electron chi connectivity index (χ1n) is 14.2. The molecule has 3 aliphatic rings. The van der Waals surface area contributed by atoms with E-state index in [2.05, 4.69) is 49.7 Å². The zero-order valence-corrected chi connectivity index (χ0v) is 25.8. The van der Waals surface area contributed by atoms with Crippen molar-refractivity contribution in [2.24, 2.45) is 11.3 Å². The minimum atomic E-state index is -0.800. The fourth-order valence-corrected chi connectivity index (χ4v) is 3.58. The number of nitrogens with one attached hydrogen (secondary N) is 3. The second-order valence-electron chi connectivity index (χ2n) is 10.7. The van der Waals surface area contributed by atoms with Gasteiger partial charge in [-0.1, -0.05) is 79.7 Å². The lowest BCUT2D eigenvalue weighted by Gasteiger charge is -2.21. The summed E-state index contributed by atoms with van der Waals surface area (Å²) in [7, 11) is 0. The highest BCUT2D eigenvalue weighted by atomic mass is 16.2. The molecule has 0 aliphatic carbocycles. The summed E-state index contributed by atoms with van der Waals surface area (Å²) in [6, 6.07) is 7.77. The molecule has 4 rings (SSSR count). The van der Waals surface area contributed by atoms with E-state index in [-0.39, 0.29) is 37.7 Å². The number of nitriles is 1. The maximum Gasteiger partial charge on any atom is 0.243 e. The molecule has 4 bridgehead atoms. The van der Waals surface area contributed by atoms with Crippen molar-refractivity contribution in [1.29, 1.82) is 5.26 Å². The molecule has 222 valence electrons. The molecule has 4 amide bonds. The maximum absolute atomic E-state index is 12.7. The molecule has 9 nitrogen and oxygen atoms in total. The van der Waals surface area contributed by atoms with Gasteiger partial charge in [-0.2, -0.15) is 5.26 Å². The van der Waals surface area contributed by atoms with E-state index in [1.807, 2.05) is 52.0 Å². The topological polar surface area (TPSA) is 131 Å². The number of anilines is 1. The summed E-state index contributed by atoms with van der Waals surface area (Å²) < 4.78 is 0. The van der Waals surface area contributed by atoms with Crippen LogP contribution in [0.25, 0.3) is 6.08 Å². The average Bonchev–Trinajstić information content (AvgIpc) is 3.36. The lowest BCUT2D eigenvalue weighted by atomic mass is 10.0. The molecule has 3 heterocycles. The van der Waals surface area contributed by atoms with Gasteiger partial charge in [-0.3, -0.25) is 19.2 Å². The Hall–Kier alpha value is -3.67. The SMILES string of the molecule is CC.CC.CC(C)(C)C.C[C@@H]1NC(=O)CC/C=C/c2ccc(cc2)NC(=O)C2CC(C#N)N(C2)C(=O)CNC1=O. The Labute approximate surface area is 240 Å². The van der Waals surface area contributed by atoms with Gasteiger partial charge in [-0.25, -0.2) is 0 Å². The van der Waals surface area contributed by atoms with Crippen LogP contribution in [0.1, 0.15) is 87.1 Å². The van der Waals surface area contributed by atoms with Crippen LogP contribution < -0.4 is 16.0 Å². The Kier molecular flexibility index (Phi) is 16.9. The number of carbonyl (C=O) groups is 4. The van der Waals surface area contributed by atoms with Gasteiger partial charge >= 0.3 is 0 Å².